The molecule has 1 unspecified atom stereocenters. The molecule has 2 fully saturated rings. The molecule has 2 saturated carbocycles. The van der Waals surface area contributed by atoms with Crippen LogP contribution in [-0.2, 0) is 41.8 Å². The van der Waals surface area contributed by atoms with Gasteiger partial charge in [-0.25, -0.2) is 23.5 Å². The van der Waals surface area contributed by atoms with Crippen molar-refractivity contribution < 1.29 is 56.4 Å². The largest absolute Gasteiger partial charge is 0.481 e. The Bertz CT molecular complexity index is 1980. The van der Waals surface area contributed by atoms with Crippen LogP contribution in [0.2, 0.25) is 0 Å². The monoisotopic (exact) mass is 852 g/mol. The molecule has 4 aromatic rings. The molecule has 2 aromatic heterocycles. The number of aromatic nitrogens is 2. The maximum absolute atomic E-state index is 13.1. The minimum Gasteiger partial charge on any atom is -0.481 e. The van der Waals surface area contributed by atoms with Crippen LogP contribution in [0.5, 0.6) is 0 Å². The highest BCUT2D eigenvalue weighted by molar-refractivity contribution is 5.86. The average molecular weight is 853 g/mol. The number of rotatable bonds is 19. The molecule has 0 amide bonds. The normalized spacial score (nSPS) is 19.7. The molecule has 2 heterocycles. The molecule has 334 valence electrons. The zero-order valence-corrected chi connectivity index (χ0v) is 35.0. The first-order valence-corrected chi connectivity index (χ1v) is 21.0. The Kier molecular flexibility index (Phi) is 19.7. The van der Waals surface area contributed by atoms with Crippen LogP contribution < -0.4 is 0 Å². The predicted octanol–water partition coefficient (Wildman–Crippen LogP) is 10.8. The van der Waals surface area contributed by atoms with Crippen molar-refractivity contribution in [1.29, 1.82) is 0 Å². The summed E-state index contributed by atoms with van der Waals surface area (Å²) in [5, 5.41) is 18.2. The van der Waals surface area contributed by atoms with E-state index in [2.05, 4.69) is 9.97 Å². The predicted molar refractivity (Wildman–Crippen MR) is 226 cm³/mol. The second kappa shape index (κ2) is 24.6. The third-order valence-electron chi connectivity index (χ3n) is 11.0. The van der Waals surface area contributed by atoms with Crippen LogP contribution in [0.4, 0.5) is 8.78 Å². The van der Waals surface area contributed by atoms with E-state index < -0.39 is 11.9 Å². The van der Waals surface area contributed by atoms with Gasteiger partial charge < -0.3 is 38.0 Å². The number of aryl methyl sites for hydroxylation is 2. The van der Waals surface area contributed by atoms with Crippen molar-refractivity contribution in [3.63, 3.8) is 0 Å². The summed E-state index contributed by atoms with van der Waals surface area (Å²) < 4.78 is 61.6. The van der Waals surface area contributed by atoms with E-state index in [9.17, 15) is 18.4 Å². The highest BCUT2D eigenvalue weighted by atomic mass is 19.1. The maximum atomic E-state index is 13.1. The molecule has 61 heavy (non-hydrogen) atoms. The Morgan fingerprint density at radius 3 is 1.59 bits per heavy atom. The summed E-state index contributed by atoms with van der Waals surface area (Å²) in [6.07, 6.45) is 11.0. The Hall–Kier alpha value is -4.76. The zero-order chi connectivity index (χ0) is 43.0. The van der Waals surface area contributed by atoms with Gasteiger partial charge in [0.2, 0.25) is 11.8 Å². The van der Waals surface area contributed by atoms with Crippen molar-refractivity contribution in [1.82, 2.24) is 9.97 Å². The summed E-state index contributed by atoms with van der Waals surface area (Å²) in [6, 6.07) is 12.1. The number of carbonyl (C=O) groups is 2. The lowest BCUT2D eigenvalue weighted by atomic mass is 9.94. The van der Waals surface area contributed by atoms with E-state index in [-0.39, 0.29) is 49.4 Å². The quantitative estimate of drug-likeness (QED) is 0.0859. The van der Waals surface area contributed by atoms with Gasteiger partial charge in [0, 0.05) is 23.3 Å². The molecule has 6 rings (SSSR count). The number of aliphatic carboxylic acids is 2. The fourth-order valence-corrected chi connectivity index (χ4v) is 7.31. The maximum Gasteiger partial charge on any atom is 0.331 e. The number of carboxylic acids is 2. The van der Waals surface area contributed by atoms with Crippen LogP contribution in [0, 0.1) is 31.4 Å². The van der Waals surface area contributed by atoms with Gasteiger partial charge in [-0.3, -0.25) is 4.79 Å². The lowest BCUT2D eigenvalue weighted by molar-refractivity contribution is -0.143. The number of hydrogen-bond acceptors (Lipinski definition) is 10. The number of ether oxygens (including phenoxy) is 4. The van der Waals surface area contributed by atoms with E-state index in [1.807, 2.05) is 27.7 Å². The zero-order valence-electron chi connectivity index (χ0n) is 35.0. The molecular formula is C47H62F2N2O10. The Morgan fingerprint density at radius 2 is 1.18 bits per heavy atom. The lowest BCUT2D eigenvalue weighted by Gasteiger charge is -2.29. The van der Waals surface area contributed by atoms with Gasteiger partial charge in [-0.05, 0) is 139 Å². The molecule has 0 spiro atoms. The van der Waals surface area contributed by atoms with Crippen LogP contribution in [0.25, 0.3) is 22.9 Å². The fraction of sp³-hybridized carbons (Fsp3) is 0.532. The molecule has 0 saturated heterocycles. The number of benzene rings is 2. The van der Waals surface area contributed by atoms with Crippen LogP contribution in [0.1, 0.15) is 115 Å². The van der Waals surface area contributed by atoms with E-state index in [0.29, 0.717) is 74.6 Å². The van der Waals surface area contributed by atoms with E-state index in [1.54, 1.807) is 30.3 Å². The smallest absolute Gasteiger partial charge is 0.331 e. The van der Waals surface area contributed by atoms with Crippen molar-refractivity contribution in [2.45, 2.75) is 143 Å². The van der Waals surface area contributed by atoms with Crippen molar-refractivity contribution in [3.8, 4) is 22.9 Å². The molecular weight excluding hydrogens is 791 g/mol. The van der Waals surface area contributed by atoms with Gasteiger partial charge in [0.25, 0.3) is 0 Å². The second-order valence-electron chi connectivity index (χ2n) is 15.3. The van der Waals surface area contributed by atoms with Gasteiger partial charge in [-0.15, -0.1) is 0 Å². The van der Waals surface area contributed by atoms with Crippen LogP contribution in [0.3, 0.4) is 0 Å². The van der Waals surface area contributed by atoms with Crippen LogP contribution in [0.15, 0.2) is 69.0 Å². The molecule has 12 nitrogen and oxygen atoms in total. The van der Waals surface area contributed by atoms with Crippen LogP contribution >= 0.6 is 0 Å². The summed E-state index contributed by atoms with van der Waals surface area (Å²) >= 11 is 0. The highest BCUT2D eigenvalue weighted by Gasteiger charge is 2.26. The fourth-order valence-electron chi connectivity index (χ4n) is 7.31. The van der Waals surface area contributed by atoms with Crippen LogP contribution in [-0.4, -0.2) is 69.7 Å². The third-order valence-corrected chi connectivity index (χ3v) is 11.0. The topological polar surface area (TPSA) is 164 Å². The number of nitrogens with zero attached hydrogens (tertiary/aromatic N) is 2. The first-order valence-electron chi connectivity index (χ1n) is 21.0. The first-order chi connectivity index (χ1) is 28.9. The summed E-state index contributed by atoms with van der Waals surface area (Å²) in [6.45, 7) is 8.84. The van der Waals surface area contributed by atoms with E-state index in [4.69, 9.17) is 38.0 Å². The molecule has 2 aliphatic carbocycles. The van der Waals surface area contributed by atoms with Crippen molar-refractivity contribution in [3.05, 3.63) is 94.7 Å². The average Bonchev–Trinajstić information content (AvgIpc) is 3.81. The number of oxazole rings is 2. The van der Waals surface area contributed by atoms with Gasteiger partial charge in [0.15, 0.2) is 0 Å². The molecule has 2 aliphatic rings. The lowest BCUT2D eigenvalue weighted by Crippen LogP contribution is -2.29. The minimum atomic E-state index is -0.894. The Balaban J connectivity index is 0.000000264. The molecule has 0 bridgehead atoms. The van der Waals surface area contributed by atoms with E-state index in [0.717, 1.165) is 73.9 Å². The summed E-state index contributed by atoms with van der Waals surface area (Å²) in [4.78, 5) is 31.2. The summed E-state index contributed by atoms with van der Waals surface area (Å²) in [5.74, 6) is -0.306. The van der Waals surface area contributed by atoms with Gasteiger partial charge in [-0.1, -0.05) is 21.3 Å². The van der Waals surface area contributed by atoms with Gasteiger partial charge in [0.05, 0.1) is 50.2 Å². The van der Waals surface area contributed by atoms with Crippen molar-refractivity contribution in [2.75, 3.05) is 13.2 Å². The van der Waals surface area contributed by atoms with E-state index >= 15 is 0 Å². The first kappa shape index (κ1) is 48.9. The molecule has 2 aromatic carbocycles. The Morgan fingerprint density at radius 1 is 0.738 bits per heavy atom. The number of halogens is 2. The van der Waals surface area contributed by atoms with Gasteiger partial charge in [-0.2, -0.15) is 0 Å². The van der Waals surface area contributed by atoms with Gasteiger partial charge in [0.1, 0.15) is 34.5 Å². The third kappa shape index (κ3) is 15.3. The van der Waals surface area contributed by atoms with Crippen molar-refractivity contribution in [2.24, 2.45) is 5.92 Å². The minimum absolute atomic E-state index is 0. The van der Waals surface area contributed by atoms with Gasteiger partial charge >= 0.3 is 11.9 Å². The number of hydrogen-bond donors (Lipinski definition) is 2. The highest BCUT2D eigenvalue weighted by Crippen LogP contribution is 2.29. The second-order valence-corrected chi connectivity index (χ2v) is 15.3. The molecule has 14 heteroatoms. The standard InChI is InChI=1S/C23H30FNO5.C23H28FNO5.CH4/c2*1-3-16(23(26)27)11-12-28-19-5-4-6-20(13-19)29-14-21-15(2)30-22(25-21)17-7-9-18(24)10-8-17;/h7-10,16,19-20H,3-6,11-14H2,1-2H3,(H,26,27);7-11,19-20H,3-6,12-14H2,1-2H3,(H,26,27);1H4/b;16-11+;/t16?,19-,20+;19-,20+;/m11./s1. The summed E-state index contributed by atoms with van der Waals surface area (Å²) in [7, 11) is 0. The SMILES string of the molecule is C.CC/C(=C\CO[C@@H]1CCC[C@H](OCc2nc(-c3ccc(F)cc3)oc2C)C1)C(=O)O.CCC(CCO[C@@H]1CCC[C@H](OCc2nc(-c3ccc(F)cc3)oc2C)C1)C(=O)O. The Labute approximate surface area is 357 Å². The summed E-state index contributed by atoms with van der Waals surface area (Å²) in [5.41, 5.74) is 3.29. The molecule has 2 N–H and O–H groups in total. The molecule has 0 radical (unpaired) electrons. The number of carboxylic acid groups (broad SMARTS) is 2. The van der Waals surface area contributed by atoms with Crippen molar-refractivity contribution >= 4 is 11.9 Å². The van der Waals surface area contributed by atoms with E-state index in [1.165, 1.54) is 24.3 Å². The molecule has 0 aliphatic heterocycles. The molecule has 5 atom stereocenters.